The number of unbranched alkanes of at least 4 members (excludes halogenated alkanes) is 6. The van der Waals surface area contributed by atoms with Crippen LogP contribution in [0.5, 0.6) is 0 Å². The second kappa shape index (κ2) is 17.0. The van der Waals surface area contributed by atoms with Crippen LogP contribution in [0.4, 0.5) is 0 Å². The zero-order chi connectivity index (χ0) is 40.3. The molecule has 0 aromatic heterocycles. The van der Waals surface area contributed by atoms with Crippen molar-refractivity contribution in [2.75, 3.05) is 0 Å². The molecule has 296 valence electrons. The Morgan fingerprint density at radius 2 is 1.19 bits per heavy atom. The van der Waals surface area contributed by atoms with E-state index in [1.54, 1.807) is 0 Å². The summed E-state index contributed by atoms with van der Waals surface area (Å²) in [7, 11) is 0. The molecule has 0 amide bonds. The summed E-state index contributed by atoms with van der Waals surface area (Å²) in [5.41, 5.74) is 12.2. The fraction of sp³-hybridized carbons (Fsp3) is 0.288. The lowest BCUT2D eigenvalue weighted by atomic mass is 9.67. The topological polar surface area (TPSA) is 0 Å². The molecule has 0 unspecified atom stereocenters. The van der Waals surface area contributed by atoms with Crippen molar-refractivity contribution in [2.45, 2.75) is 110 Å². The average Bonchev–Trinajstić information content (AvgIpc) is 3.27. The lowest BCUT2D eigenvalue weighted by Crippen LogP contribution is -2.28. The van der Waals surface area contributed by atoms with E-state index in [1.807, 2.05) is 0 Å². The van der Waals surface area contributed by atoms with E-state index in [1.165, 1.54) is 150 Å². The summed E-state index contributed by atoms with van der Waals surface area (Å²) in [5.74, 6) is 0. The second-order valence-electron chi connectivity index (χ2n) is 17.7. The molecule has 59 heavy (non-hydrogen) atoms. The largest absolute Gasteiger partial charge is 0.0763 e. The molecule has 0 heteroatoms. The molecule has 0 nitrogen and oxygen atoms in total. The number of rotatable bonds is 14. The monoisotopic (exact) mass is 768 g/mol. The third-order valence-electron chi connectivity index (χ3n) is 13.7. The van der Waals surface area contributed by atoms with Gasteiger partial charge in [0.15, 0.2) is 0 Å². The van der Waals surface area contributed by atoms with Gasteiger partial charge in [-0.3, -0.25) is 0 Å². The third kappa shape index (κ3) is 7.53. The maximum atomic E-state index is 2.59. The van der Waals surface area contributed by atoms with Crippen LogP contribution in [-0.4, -0.2) is 0 Å². The van der Waals surface area contributed by atoms with E-state index < -0.39 is 0 Å². The van der Waals surface area contributed by atoms with Crippen LogP contribution in [0, 0.1) is 13.8 Å². The Labute approximate surface area is 352 Å². The van der Waals surface area contributed by atoms with E-state index in [4.69, 9.17) is 0 Å². The molecule has 0 atom stereocenters. The minimum atomic E-state index is -0.104. The average molecular weight is 769 g/mol. The SMILES string of the molecule is CCCCCCC(CCCCCC)(c1cccc(-c2cc(C)c3ccc4cc(C)ccccc2c3c4)c1)c1cccc(-c2ccc3ccc4c5c(ccc2c35)=CCC4)c1. The van der Waals surface area contributed by atoms with Gasteiger partial charge in [-0.25, -0.2) is 0 Å². The third-order valence-corrected chi connectivity index (χ3v) is 13.7. The molecule has 9 rings (SSSR count). The molecule has 0 spiro atoms. The van der Waals surface area contributed by atoms with Crippen molar-refractivity contribution in [2.24, 2.45) is 0 Å². The highest BCUT2D eigenvalue weighted by atomic mass is 14.4. The van der Waals surface area contributed by atoms with Gasteiger partial charge in [0.05, 0.1) is 0 Å². The number of fused-ring (bicyclic) bond motifs is 1. The van der Waals surface area contributed by atoms with Crippen molar-refractivity contribution in [3.05, 3.63) is 173 Å². The molecule has 0 saturated carbocycles. The standard InChI is InChI=1S/C59H60/c1-5-7-9-13-34-59(35-14-10-8-6-2,49-23-16-21-47(39-49)52-32-29-46-28-27-44-19-15-20-45-30-33-54(52)58(46)57(44)45)50-24-17-22-48(40-50)55-37-42(4)51-31-26-43-36-41(3)18-11-12-25-53(55)56(51)38-43/h11-12,16-18,20-33,36-40H,5-10,13-15,19,34-35H2,1-4H3. The number of aryl methyl sites for hydroxylation is 3. The van der Waals surface area contributed by atoms with E-state index in [-0.39, 0.29) is 5.41 Å². The van der Waals surface area contributed by atoms with Gasteiger partial charge in [0.25, 0.3) is 0 Å². The summed E-state index contributed by atoms with van der Waals surface area (Å²) >= 11 is 0. The van der Waals surface area contributed by atoms with E-state index in [0.29, 0.717) is 0 Å². The Bertz CT molecular complexity index is 2870. The van der Waals surface area contributed by atoms with Crippen molar-refractivity contribution in [3.63, 3.8) is 0 Å². The van der Waals surface area contributed by atoms with E-state index in [9.17, 15) is 0 Å². The van der Waals surface area contributed by atoms with Gasteiger partial charge in [0.1, 0.15) is 0 Å². The Balaban J connectivity index is 1.23. The van der Waals surface area contributed by atoms with Gasteiger partial charge in [-0.2, -0.15) is 0 Å². The summed E-state index contributed by atoms with van der Waals surface area (Å²) in [5, 5.41) is 12.3. The van der Waals surface area contributed by atoms with Crippen molar-refractivity contribution in [1.29, 1.82) is 0 Å². The number of hydrogen-bond acceptors (Lipinski definition) is 0. The number of hydrogen-bond donors (Lipinski definition) is 0. The molecule has 8 aromatic carbocycles. The van der Waals surface area contributed by atoms with Crippen LogP contribution < -0.4 is 5.22 Å². The Morgan fingerprint density at radius 3 is 1.93 bits per heavy atom. The molecule has 0 fully saturated rings. The predicted molar refractivity (Wildman–Crippen MR) is 258 cm³/mol. The predicted octanol–water partition coefficient (Wildman–Crippen LogP) is 16.5. The van der Waals surface area contributed by atoms with Gasteiger partial charge in [-0.05, 0) is 138 Å². The highest BCUT2D eigenvalue weighted by molar-refractivity contribution is 6.16. The Hall–Kier alpha value is -5.46. The van der Waals surface area contributed by atoms with E-state index in [2.05, 4.69) is 173 Å². The van der Waals surface area contributed by atoms with Crippen LogP contribution >= 0.6 is 0 Å². The minimum absolute atomic E-state index is 0.104. The Kier molecular flexibility index (Phi) is 11.3. The summed E-state index contributed by atoms with van der Waals surface area (Å²) in [6.07, 6.45) is 17.1. The molecule has 8 aromatic rings. The quantitative estimate of drug-likeness (QED) is 0.0967. The van der Waals surface area contributed by atoms with E-state index >= 15 is 0 Å². The summed E-state index contributed by atoms with van der Waals surface area (Å²) in [6.45, 7) is 9.14. The molecule has 0 N–H and O–H groups in total. The van der Waals surface area contributed by atoms with Crippen LogP contribution in [0.15, 0.2) is 140 Å². The molecule has 1 aliphatic rings. The molecule has 0 radical (unpaired) electrons. The molecule has 2 bridgehead atoms. The first-order valence-corrected chi connectivity index (χ1v) is 22.8. The second-order valence-corrected chi connectivity index (χ2v) is 17.7. The first-order chi connectivity index (χ1) is 29.0. The maximum Gasteiger partial charge on any atom is 0.0203 e. The lowest BCUT2D eigenvalue weighted by Gasteiger charge is -2.37. The lowest BCUT2D eigenvalue weighted by molar-refractivity contribution is 0.393. The molecule has 0 heterocycles. The molecular formula is C59H60. The molecule has 0 aliphatic heterocycles. The van der Waals surface area contributed by atoms with Crippen molar-refractivity contribution >= 4 is 49.2 Å². The van der Waals surface area contributed by atoms with Gasteiger partial charge in [0.2, 0.25) is 0 Å². The van der Waals surface area contributed by atoms with Gasteiger partial charge < -0.3 is 0 Å². The van der Waals surface area contributed by atoms with E-state index in [0.717, 1.165) is 25.7 Å². The molecular weight excluding hydrogens is 709 g/mol. The smallest absolute Gasteiger partial charge is 0.0203 e. The van der Waals surface area contributed by atoms with Gasteiger partial charge in [0, 0.05) is 5.41 Å². The zero-order valence-corrected chi connectivity index (χ0v) is 35.8. The van der Waals surface area contributed by atoms with Crippen LogP contribution in [0.25, 0.3) is 71.4 Å². The molecule has 1 aliphatic carbocycles. The fourth-order valence-corrected chi connectivity index (χ4v) is 10.6. The fourth-order valence-electron chi connectivity index (χ4n) is 10.6. The van der Waals surface area contributed by atoms with Crippen LogP contribution in [0.1, 0.15) is 112 Å². The van der Waals surface area contributed by atoms with Gasteiger partial charge in [-0.1, -0.05) is 210 Å². The first kappa shape index (κ1) is 39.0. The highest BCUT2D eigenvalue weighted by Gasteiger charge is 2.34. The van der Waals surface area contributed by atoms with Crippen LogP contribution in [-0.2, 0) is 11.8 Å². The Morgan fingerprint density at radius 1 is 0.492 bits per heavy atom. The van der Waals surface area contributed by atoms with Crippen LogP contribution in [0.3, 0.4) is 0 Å². The zero-order valence-electron chi connectivity index (χ0n) is 35.8. The van der Waals surface area contributed by atoms with Crippen molar-refractivity contribution in [3.8, 4) is 22.3 Å². The maximum absolute atomic E-state index is 2.59. The van der Waals surface area contributed by atoms with Gasteiger partial charge in [-0.15, -0.1) is 0 Å². The summed E-state index contributed by atoms with van der Waals surface area (Å²) < 4.78 is 0. The first-order valence-electron chi connectivity index (χ1n) is 22.8. The summed E-state index contributed by atoms with van der Waals surface area (Å²) in [4.78, 5) is 0. The van der Waals surface area contributed by atoms with Crippen LogP contribution in [0.2, 0.25) is 0 Å². The molecule has 0 saturated heterocycles. The summed E-state index contributed by atoms with van der Waals surface area (Å²) in [6, 6.07) is 54.5. The normalized spacial score (nSPS) is 12.7. The van der Waals surface area contributed by atoms with Crippen molar-refractivity contribution < 1.29 is 0 Å². The minimum Gasteiger partial charge on any atom is -0.0763 e. The van der Waals surface area contributed by atoms with Gasteiger partial charge >= 0.3 is 0 Å². The van der Waals surface area contributed by atoms with Crippen molar-refractivity contribution in [1.82, 2.24) is 0 Å². The number of benzene rings is 7. The highest BCUT2D eigenvalue weighted by Crippen LogP contribution is 2.46.